The molecule has 0 saturated carbocycles. The molecule has 0 saturated heterocycles. The molecule has 0 aliphatic heterocycles. The SMILES string of the molecule is COc1cccc(OC)c1C(=O)OCC(=O)Nc1ccc(S(=O)(=O)C(F)F)cc1. The molecule has 0 aliphatic rings. The Balaban J connectivity index is 2.01. The van der Waals surface area contributed by atoms with Crippen LogP contribution in [0.4, 0.5) is 14.5 Å². The van der Waals surface area contributed by atoms with Crippen LogP contribution < -0.4 is 14.8 Å². The molecular weight excluding hydrogens is 412 g/mol. The zero-order valence-corrected chi connectivity index (χ0v) is 16.2. The van der Waals surface area contributed by atoms with E-state index in [-0.39, 0.29) is 22.7 Å². The van der Waals surface area contributed by atoms with Crippen LogP contribution in [0.3, 0.4) is 0 Å². The van der Waals surface area contributed by atoms with Gasteiger partial charge in [0.2, 0.25) is 9.84 Å². The highest BCUT2D eigenvalue weighted by Gasteiger charge is 2.26. The molecule has 29 heavy (non-hydrogen) atoms. The summed E-state index contributed by atoms with van der Waals surface area (Å²) in [4.78, 5) is 23.7. The van der Waals surface area contributed by atoms with Gasteiger partial charge >= 0.3 is 11.7 Å². The predicted molar refractivity (Wildman–Crippen MR) is 98.1 cm³/mol. The van der Waals surface area contributed by atoms with Gasteiger partial charge in [0.05, 0.1) is 19.1 Å². The predicted octanol–water partition coefficient (Wildman–Crippen LogP) is 2.50. The van der Waals surface area contributed by atoms with Crippen molar-refractivity contribution in [3.05, 3.63) is 48.0 Å². The monoisotopic (exact) mass is 429 g/mol. The summed E-state index contributed by atoms with van der Waals surface area (Å²) >= 11 is 0. The first kappa shape index (κ1) is 22.1. The van der Waals surface area contributed by atoms with Crippen LogP contribution in [0.2, 0.25) is 0 Å². The van der Waals surface area contributed by atoms with Gasteiger partial charge in [0, 0.05) is 5.69 Å². The first-order valence-corrected chi connectivity index (χ1v) is 9.55. The Morgan fingerprint density at radius 2 is 1.55 bits per heavy atom. The number of alkyl halides is 2. The highest BCUT2D eigenvalue weighted by Crippen LogP contribution is 2.28. The number of halogens is 2. The van der Waals surface area contributed by atoms with Gasteiger partial charge in [-0.2, -0.15) is 8.78 Å². The average Bonchev–Trinajstić information content (AvgIpc) is 2.71. The third-order valence-corrected chi connectivity index (χ3v) is 5.07. The lowest BCUT2D eigenvalue weighted by molar-refractivity contribution is -0.119. The van der Waals surface area contributed by atoms with Gasteiger partial charge in [-0.1, -0.05) is 6.07 Å². The number of sulfone groups is 1. The van der Waals surface area contributed by atoms with E-state index < -0.39 is 39.0 Å². The standard InChI is InChI=1S/C18H17F2NO7S/c1-26-13-4-3-5-14(27-2)16(13)17(23)28-10-15(22)21-11-6-8-12(9-7-11)29(24,25)18(19)20/h3-9,18H,10H2,1-2H3,(H,21,22). The summed E-state index contributed by atoms with van der Waals surface area (Å²) in [6.45, 7) is -0.656. The fourth-order valence-electron chi connectivity index (χ4n) is 2.28. The molecule has 0 aliphatic carbocycles. The zero-order valence-electron chi connectivity index (χ0n) is 15.3. The Labute approximate surface area is 165 Å². The van der Waals surface area contributed by atoms with E-state index >= 15 is 0 Å². The Morgan fingerprint density at radius 1 is 1.00 bits per heavy atom. The van der Waals surface area contributed by atoms with Crippen molar-refractivity contribution in [1.29, 1.82) is 0 Å². The van der Waals surface area contributed by atoms with Gasteiger partial charge < -0.3 is 19.5 Å². The second kappa shape index (κ2) is 9.32. The van der Waals surface area contributed by atoms with E-state index in [1.165, 1.54) is 26.4 Å². The van der Waals surface area contributed by atoms with Crippen molar-refractivity contribution in [3.63, 3.8) is 0 Å². The van der Waals surface area contributed by atoms with Gasteiger partial charge in [-0.15, -0.1) is 0 Å². The van der Waals surface area contributed by atoms with Crippen molar-refractivity contribution < 1.29 is 41.0 Å². The number of amides is 1. The molecule has 2 rings (SSSR count). The summed E-state index contributed by atoms with van der Waals surface area (Å²) in [6, 6.07) is 8.80. The van der Waals surface area contributed by atoms with Gasteiger partial charge in [-0.05, 0) is 36.4 Å². The molecule has 1 N–H and O–H groups in total. The number of anilines is 1. The number of nitrogens with one attached hydrogen (secondary N) is 1. The smallest absolute Gasteiger partial charge is 0.346 e. The molecule has 0 aromatic heterocycles. The molecule has 8 nitrogen and oxygen atoms in total. The Morgan fingerprint density at radius 3 is 2.03 bits per heavy atom. The zero-order chi connectivity index (χ0) is 21.6. The van der Waals surface area contributed by atoms with Gasteiger partial charge in [0.1, 0.15) is 17.1 Å². The minimum Gasteiger partial charge on any atom is -0.496 e. The van der Waals surface area contributed by atoms with Crippen LogP contribution in [0.25, 0.3) is 0 Å². The molecule has 0 heterocycles. The van der Waals surface area contributed by atoms with Crippen molar-refractivity contribution in [1.82, 2.24) is 0 Å². The molecule has 0 spiro atoms. The van der Waals surface area contributed by atoms with Crippen LogP contribution in [0.5, 0.6) is 11.5 Å². The third kappa shape index (κ3) is 5.19. The minimum atomic E-state index is -4.73. The third-order valence-electron chi connectivity index (χ3n) is 3.67. The van der Waals surface area contributed by atoms with Gasteiger partial charge in [-0.3, -0.25) is 4.79 Å². The van der Waals surface area contributed by atoms with Crippen molar-refractivity contribution in [3.8, 4) is 11.5 Å². The summed E-state index contributed by atoms with van der Waals surface area (Å²) in [5, 5.41) is 2.35. The molecule has 156 valence electrons. The molecule has 0 bridgehead atoms. The number of methoxy groups -OCH3 is 2. The first-order valence-electron chi connectivity index (χ1n) is 8.00. The number of carbonyl (C=O) groups excluding carboxylic acids is 2. The summed E-state index contributed by atoms with van der Waals surface area (Å²) in [5.41, 5.74) is 0.140. The van der Waals surface area contributed by atoms with Crippen LogP contribution in [0.15, 0.2) is 47.4 Å². The number of carbonyl (C=O) groups is 2. The van der Waals surface area contributed by atoms with Gasteiger partial charge in [0.25, 0.3) is 5.91 Å². The number of rotatable bonds is 8. The summed E-state index contributed by atoms with van der Waals surface area (Å²) in [6.07, 6.45) is 0. The van der Waals surface area contributed by atoms with E-state index in [9.17, 15) is 26.8 Å². The van der Waals surface area contributed by atoms with E-state index in [4.69, 9.17) is 14.2 Å². The Hall–Kier alpha value is -3.21. The maximum absolute atomic E-state index is 12.5. The second-order valence-electron chi connectivity index (χ2n) is 5.49. The maximum atomic E-state index is 12.5. The van der Waals surface area contributed by atoms with Crippen molar-refractivity contribution >= 4 is 27.4 Å². The van der Waals surface area contributed by atoms with Crippen molar-refractivity contribution in [2.45, 2.75) is 10.7 Å². The van der Waals surface area contributed by atoms with Crippen LogP contribution >= 0.6 is 0 Å². The Kier molecular flexibility index (Phi) is 7.10. The summed E-state index contributed by atoms with van der Waals surface area (Å²) in [7, 11) is -2.01. The van der Waals surface area contributed by atoms with E-state index in [1.807, 2.05) is 0 Å². The molecule has 2 aromatic carbocycles. The molecule has 11 heteroatoms. The maximum Gasteiger partial charge on any atom is 0.346 e. The Bertz CT molecular complexity index is 970. The number of ether oxygens (including phenoxy) is 3. The minimum absolute atomic E-state index is 0.00635. The van der Waals surface area contributed by atoms with Crippen LogP contribution in [-0.2, 0) is 19.4 Å². The fourth-order valence-corrected chi connectivity index (χ4v) is 3.00. The van der Waals surface area contributed by atoms with Crippen LogP contribution in [0, 0.1) is 0 Å². The van der Waals surface area contributed by atoms with Crippen molar-refractivity contribution in [2.24, 2.45) is 0 Å². The van der Waals surface area contributed by atoms with Crippen LogP contribution in [0.1, 0.15) is 10.4 Å². The fraction of sp³-hybridized carbons (Fsp3) is 0.222. The first-order chi connectivity index (χ1) is 13.7. The number of esters is 1. The largest absolute Gasteiger partial charge is 0.496 e. The van der Waals surface area contributed by atoms with Gasteiger partial charge in [-0.25, -0.2) is 13.2 Å². The highest BCUT2D eigenvalue weighted by atomic mass is 32.2. The van der Waals surface area contributed by atoms with Crippen LogP contribution in [-0.4, -0.2) is 46.9 Å². The molecule has 1 amide bonds. The highest BCUT2D eigenvalue weighted by molar-refractivity contribution is 7.91. The normalized spacial score (nSPS) is 11.1. The number of hydrogen-bond acceptors (Lipinski definition) is 7. The number of benzene rings is 2. The van der Waals surface area contributed by atoms with E-state index in [2.05, 4.69) is 5.32 Å². The van der Waals surface area contributed by atoms with Crippen molar-refractivity contribution in [2.75, 3.05) is 26.1 Å². The van der Waals surface area contributed by atoms with E-state index in [0.717, 1.165) is 24.3 Å². The lowest BCUT2D eigenvalue weighted by Gasteiger charge is -2.12. The molecule has 0 atom stereocenters. The van der Waals surface area contributed by atoms with E-state index in [1.54, 1.807) is 6.07 Å². The quantitative estimate of drug-likeness (QED) is 0.643. The molecule has 0 fully saturated rings. The second-order valence-corrected chi connectivity index (χ2v) is 7.41. The lowest BCUT2D eigenvalue weighted by Crippen LogP contribution is -2.21. The van der Waals surface area contributed by atoms with E-state index in [0.29, 0.717) is 0 Å². The summed E-state index contributed by atoms with van der Waals surface area (Å²) in [5.74, 6) is -4.73. The summed E-state index contributed by atoms with van der Waals surface area (Å²) < 4.78 is 62.9. The molecule has 0 radical (unpaired) electrons. The molecule has 0 unspecified atom stereocenters. The molecule has 2 aromatic rings. The lowest BCUT2D eigenvalue weighted by atomic mass is 10.2. The average molecular weight is 429 g/mol. The topological polar surface area (TPSA) is 108 Å². The molecular formula is C18H17F2NO7S. The number of hydrogen-bond donors (Lipinski definition) is 1. The van der Waals surface area contributed by atoms with Gasteiger partial charge in [0.15, 0.2) is 6.61 Å².